The van der Waals surface area contributed by atoms with Crippen LogP contribution in [0.4, 0.5) is 11.4 Å². The summed E-state index contributed by atoms with van der Waals surface area (Å²) in [7, 11) is 0. The maximum Gasteiger partial charge on any atom is 0.208 e. The van der Waals surface area contributed by atoms with E-state index in [2.05, 4.69) is 21.2 Å². The van der Waals surface area contributed by atoms with Gasteiger partial charge in [0, 0.05) is 4.47 Å². The average molecular weight is 340 g/mol. The number of nitrogens with two attached hydrogens (primary N) is 1. The summed E-state index contributed by atoms with van der Waals surface area (Å²) in [5.74, 6) is 0. The van der Waals surface area contributed by atoms with Gasteiger partial charge in [0.1, 0.15) is 0 Å². The normalized spacial score (nSPS) is 28.1. The van der Waals surface area contributed by atoms with Gasteiger partial charge in [-0.15, -0.1) is 0 Å². The van der Waals surface area contributed by atoms with E-state index in [-0.39, 0.29) is 6.61 Å². The van der Waals surface area contributed by atoms with Gasteiger partial charge in [-0.3, -0.25) is 0 Å². The average Bonchev–Trinajstić information content (AvgIpc) is 2.28. The zero-order chi connectivity index (χ0) is 13.3. The molecule has 1 heterocycles. The smallest absolute Gasteiger partial charge is 0.208 e. The third-order valence-electron chi connectivity index (χ3n) is 2.36. The van der Waals surface area contributed by atoms with Gasteiger partial charge in [0.25, 0.3) is 0 Å². The van der Waals surface area contributed by atoms with Crippen molar-refractivity contribution >= 4 is 38.9 Å². The SMILES string of the molecule is Nc1cc(Br)cc(Cl)c1NC1COC(O)C(O)O1. The molecule has 1 aliphatic heterocycles. The van der Waals surface area contributed by atoms with Crippen molar-refractivity contribution in [1.29, 1.82) is 0 Å². The summed E-state index contributed by atoms with van der Waals surface area (Å²) in [5, 5.41) is 21.7. The zero-order valence-corrected chi connectivity index (χ0v) is 11.5. The summed E-state index contributed by atoms with van der Waals surface area (Å²) in [6.45, 7) is 0.0596. The van der Waals surface area contributed by atoms with Crippen molar-refractivity contribution in [2.45, 2.75) is 18.8 Å². The minimum absolute atomic E-state index is 0.0596. The molecule has 100 valence electrons. The maximum absolute atomic E-state index is 9.30. The third kappa shape index (κ3) is 3.05. The van der Waals surface area contributed by atoms with Crippen molar-refractivity contribution in [3.8, 4) is 0 Å². The molecule has 3 unspecified atom stereocenters. The number of nitrogens with one attached hydrogen (secondary N) is 1. The Balaban J connectivity index is 2.10. The fourth-order valence-corrected chi connectivity index (χ4v) is 2.41. The van der Waals surface area contributed by atoms with E-state index in [4.69, 9.17) is 31.9 Å². The molecule has 2 rings (SSSR count). The van der Waals surface area contributed by atoms with Crippen LogP contribution in [-0.2, 0) is 9.47 Å². The Labute approximate surface area is 117 Å². The fourth-order valence-electron chi connectivity index (χ4n) is 1.53. The number of aliphatic hydroxyl groups excluding tert-OH is 2. The largest absolute Gasteiger partial charge is 0.397 e. The van der Waals surface area contributed by atoms with Crippen LogP contribution in [-0.4, -0.2) is 35.6 Å². The molecule has 0 aromatic heterocycles. The molecule has 3 atom stereocenters. The van der Waals surface area contributed by atoms with Crippen LogP contribution in [0.5, 0.6) is 0 Å². The van der Waals surface area contributed by atoms with Crippen molar-refractivity contribution in [2.24, 2.45) is 0 Å². The Kier molecular flexibility index (Phi) is 4.31. The molecule has 8 heteroatoms. The minimum Gasteiger partial charge on any atom is -0.397 e. The van der Waals surface area contributed by atoms with Crippen molar-refractivity contribution in [2.75, 3.05) is 17.7 Å². The molecule has 0 bridgehead atoms. The lowest BCUT2D eigenvalue weighted by Gasteiger charge is -2.32. The highest BCUT2D eigenvalue weighted by molar-refractivity contribution is 9.10. The number of rotatable bonds is 2. The van der Waals surface area contributed by atoms with Gasteiger partial charge >= 0.3 is 0 Å². The number of nitrogen functional groups attached to an aromatic ring is 1. The second-order valence-corrected chi connectivity index (χ2v) is 5.06. The second-order valence-electron chi connectivity index (χ2n) is 3.74. The van der Waals surface area contributed by atoms with Gasteiger partial charge in [0.05, 0.1) is 23.0 Å². The highest BCUT2D eigenvalue weighted by atomic mass is 79.9. The summed E-state index contributed by atoms with van der Waals surface area (Å²) in [6.07, 6.45) is -3.41. The lowest BCUT2D eigenvalue weighted by molar-refractivity contribution is -0.309. The molecular formula is C10H12BrClN2O4. The van der Waals surface area contributed by atoms with Crippen LogP contribution in [0.2, 0.25) is 5.02 Å². The standard InChI is InChI=1S/C10H12BrClN2O4/c11-4-1-5(12)8(6(13)2-4)14-7-3-17-9(15)10(16)18-7/h1-2,7,9-10,14-16H,3,13H2. The van der Waals surface area contributed by atoms with Crippen LogP contribution in [0.1, 0.15) is 0 Å². The number of hydrogen-bond acceptors (Lipinski definition) is 6. The van der Waals surface area contributed by atoms with Crippen molar-refractivity contribution in [3.05, 3.63) is 21.6 Å². The van der Waals surface area contributed by atoms with Gasteiger partial charge in [-0.05, 0) is 12.1 Å². The van der Waals surface area contributed by atoms with Crippen molar-refractivity contribution in [1.82, 2.24) is 0 Å². The Morgan fingerprint density at radius 2 is 2.11 bits per heavy atom. The van der Waals surface area contributed by atoms with Gasteiger partial charge in [-0.1, -0.05) is 27.5 Å². The quantitative estimate of drug-likeness (QED) is 0.603. The molecule has 0 saturated carbocycles. The van der Waals surface area contributed by atoms with Crippen LogP contribution >= 0.6 is 27.5 Å². The van der Waals surface area contributed by atoms with Gasteiger partial charge in [-0.25, -0.2) is 0 Å². The summed E-state index contributed by atoms with van der Waals surface area (Å²) in [5.41, 5.74) is 6.73. The predicted octanol–water partition coefficient (Wildman–Crippen LogP) is 1.11. The first-order valence-corrected chi connectivity index (χ1v) is 6.28. The zero-order valence-electron chi connectivity index (χ0n) is 9.14. The number of aliphatic hydroxyl groups is 2. The summed E-state index contributed by atoms with van der Waals surface area (Å²) < 4.78 is 10.7. The molecule has 0 spiro atoms. The van der Waals surface area contributed by atoms with Crippen molar-refractivity contribution in [3.63, 3.8) is 0 Å². The number of anilines is 2. The van der Waals surface area contributed by atoms with E-state index in [0.717, 1.165) is 4.47 Å². The molecule has 1 aromatic rings. The van der Waals surface area contributed by atoms with Crippen LogP contribution in [0.3, 0.4) is 0 Å². The van der Waals surface area contributed by atoms with Crippen LogP contribution in [0, 0.1) is 0 Å². The molecule has 5 N–H and O–H groups in total. The summed E-state index contributed by atoms with van der Waals surface area (Å²) in [4.78, 5) is 0. The summed E-state index contributed by atoms with van der Waals surface area (Å²) >= 11 is 9.31. The molecule has 1 aromatic carbocycles. The van der Waals surface area contributed by atoms with E-state index in [1.807, 2.05) is 0 Å². The number of halogens is 2. The van der Waals surface area contributed by atoms with Crippen LogP contribution < -0.4 is 11.1 Å². The van der Waals surface area contributed by atoms with E-state index in [0.29, 0.717) is 16.4 Å². The Morgan fingerprint density at radius 1 is 1.39 bits per heavy atom. The van der Waals surface area contributed by atoms with E-state index < -0.39 is 18.8 Å². The molecule has 0 radical (unpaired) electrons. The minimum atomic E-state index is -1.41. The molecule has 0 amide bonds. The lowest BCUT2D eigenvalue weighted by atomic mass is 10.2. The first-order chi connectivity index (χ1) is 8.47. The number of hydrogen-bond donors (Lipinski definition) is 4. The van der Waals surface area contributed by atoms with Crippen LogP contribution in [0.25, 0.3) is 0 Å². The first kappa shape index (κ1) is 13.9. The lowest BCUT2D eigenvalue weighted by Crippen LogP contribution is -2.46. The monoisotopic (exact) mass is 338 g/mol. The molecule has 1 fully saturated rings. The predicted molar refractivity (Wildman–Crippen MR) is 70.0 cm³/mol. The van der Waals surface area contributed by atoms with E-state index in [9.17, 15) is 5.11 Å². The Hall–Kier alpha value is -0.570. The van der Waals surface area contributed by atoms with Gasteiger partial charge < -0.3 is 30.7 Å². The maximum atomic E-state index is 9.30. The molecule has 18 heavy (non-hydrogen) atoms. The third-order valence-corrected chi connectivity index (χ3v) is 3.11. The number of ether oxygens (including phenoxy) is 2. The Morgan fingerprint density at radius 3 is 2.72 bits per heavy atom. The van der Waals surface area contributed by atoms with E-state index >= 15 is 0 Å². The fraction of sp³-hybridized carbons (Fsp3) is 0.400. The Bertz CT molecular complexity index is 425. The summed E-state index contributed by atoms with van der Waals surface area (Å²) in [6, 6.07) is 3.36. The van der Waals surface area contributed by atoms with E-state index in [1.54, 1.807) is 12.1 Å². The van der Waals surface area contributed by atoms with Gasteiger partial charge in [0.15, 0.2) is 6.23 Å². The number of benzene rings is 1. The highest BCUT2D eigenvalue weighted by Gasteiger charge is 2.29. The topological polar surface area (TPSA) is 97.0 Å². The second kappa shape index (κ2) is 5.60. The van der Waals surface area contributed by atoms with Gasteiger partial charge in [0.2, 0.25) is 12.6 Å². The van der Waals surface area contributed by atoms with E-state index in [1.165, 1.54) is 0 Å². The molecular weight excluding hydrogens is 327 g/mol. The first-order valence-electron chi connectivity index (χ1n) is 5.11. The molecule has 1 saturated heterocycles. The molecule has 6 nitrogen and oxygen atoms in total. The van der Waals surface area contributed by atoms with Crippen molar-refractivity contribution < 1.29 is 19.7 Å². The van der Waals surface area contributed by atoms with Crippen LogP contribution in [0.15, 0.2) is 16.6 Å². The molecule has 1 aliphatic rings. The van der Waals surface area contributed by atoms with Gasteiger partial charge in [-0.2, -0.15) is 0 Å². The molecule has 0 aliphatic carbocycles. The highest BCUT2D eigenvalue weighted by Crippen LogP contribution is 2.33.